The summed E-state index contributed by atoms with van der Waals surface area (Å²) in [7, 11) is 0. The summed E-state index contributed by atoms with van der Waals surface area (Å²) < 4.78 is 5.59. The zero-order valence-electron chi connectivity index (χ0n) is 13.9. The Kier molecular flexibility index (Phi) is 5.91. The first-order valence-electron chi connectivity index (χ1n) is 8.34. The van der Waals surface area contributed by atoms with E-state index in [1.165, 1.54) is 10.8 Å². The fourth-order valence-electron chi connectivity index (χ4n) is 2.68. The van der Waals surface area contributed by atoms with Gasteiger partial charge in [0.2, 0.25) is 5.91 Å². The lowest BCUT2D eigenvalue weighted by Gasteiger charge is -2.09. The number of carbonyl (C=O) groups is 1. The van der Waals surface area contributed by atoms with E-state index in [-0.39, 0.29) is 5.91 Å². The summed E-state index contributed by atoms with van der Waals surface area (Å²) in [5, 5.41) is 6.03. The molecule has 0 aliphatic heterocycles. The zero-order valence-corrected chi connectivity index (χ0v) is 14.6. The van der Waals surface area contributed by atoms with E-state index >= 15 is 0 Å². The maximum atomic E-state index is 12.0. The molecule has 0 spiro atoms. The Hall–Kier alpha value is -2.52. The Morgan fingerprint density at radius 1 is 0.960 bits per heavy atom. The van der Waals surface area contributed by atoms with Gasteiger partial charge in [-0.3, -0.25) is 4.79 Å². The quantitative estimate of drug-likeness (QED) is 0.609. The van der Waals surface area contributed by atoms with Crippen molar-refractivity contribution in [2.75, 3.05) is 6.61 Å². The first kappa shape index (κ1) is 17.3. The van der Waals surface area contributed by atoms with Gasteiger partial charge in [-0.2, -0.15) is 0 Å². The third-order valence-electron chi connectivity index (χ3n) is 3.99. The minimum Gasteiger partial charge on any atom is -0.494 e. The molecular weight excluding hydrogens is 334 g/mol. The SMILES string of the molecule is O=C(CCCOc1ccc(Cl)cc1)NCc1cccc2ccccc12. The molecule has 1 N–H and O–H groups in total. The van der Waals surface area contributed by atoms with Crippen LogP contribution in [0.1, 0.15) is 18.4 Å². The van der Waals surface area contributed by atoms with Crippen LogP contribution >= 0.6 is 11.6 Å². The van der Waals surface area contributed by atoms with Gasteiger partial charge >= 0.3 is 0 Å². The number of hydrogen-bond donors (Lipinski definition) is 1. The summed E-state index contributed by atoms with van der Waals surface area (Å²) in [5.41, 5.74) is 1.13. The average Bonchev–Trinajstić information content (AvgIpc) is 2.65. The van der Waals surface area contributed by atoms with Gasteiger partial charge in [0.25, 0.3) is 0 Å². The standard InChI is InChI=1S/C21H20ClNO2/c22-18-10-12-19(13-11-18)25-14-4-9-21(24)23-15-17-7-3-6-16-5-1-2-8-20(16)17/h1-3,5-8,10-13H,4,9,14-15H2,(H,23,24). The van der Waals surface area contributed by atoms with Crippen LogP contribution in [-0.2, 0) is 11.3 Å². The van der Waals surface area contributed by atoms with Gasteiger partial charge in [0.15, 0.2) is 0 Å². The van der Waals surface area contributed by atoms with Crippen molar-refractivity contribution in [3.8, 4) is 5.75 Å². The van der Waals surface area contributed by atoms with Crippen LogP contribution < -0.4 is 10.1 Å². The van der Waals surface area contributed by atoms with E-state index in [9.17, 15) is 4.79 Å². The van der Waals surface area contributed by atoms with Crippen molar-refractivity contribution in [3.63, 3.8) is 0 Å². The summed E-state index contributed by atoms with van der Waals surface area (Å²) in [5.74, 6) is 0.799. The lowest BCUT2D eigenvalue weighted by Crippen LogP contribution is -2.23. The van der Waals surface area contributed by atoms with Gasteiger partial charge in [0.05, 0.1) is 6.61 Å². The van der Waals surface area contributed by atoms with Gasteiger partial charge in [-0.25, -0.2) is 0 Å². The molecule has 0 radical (unpaired) electrons. The molecule has 0 saturated carbocycles. The Balaban J connectivity index is 1.42. The topological polar surface area (TPSA) is 38.3 Å². The average molecular weight is 354 g/mol. The predicted octanol–water partition coefficient (Wildman–Crippen LogP) is 4.97. The molecule has 0 aliphatic rings. The highest BCUT2D eigenvalue weighted by atomic mass is 35.5. The largest absolute Gasteiger partial charge is 0.494 e. The normalized spacial score (nSPS) is 10.6. The van der Waals surface area contributed by atoms with Crippen molar-refractivity contribution in [1.82, 2.24) is 5.32 Å². The third-order valence-corrected chi connectivity index (χ3v) is 4.24. The van der Waals surface area contributed by atoms with E-state index in [1.54, 1.807) is 12.1 Å². The maximum Gasteiger partial charge on any atom is 0.220 e. The second-order valence-corrected chi connectivity index (χ2v) is 6.26. The van der Waals surface area contributed by atoms with Crippen LogP contribution in [0.3, 0.4) is 0 Å². The van der Waals surface area contributed by atoms with Crippen molar-refractivity contribution in [1.29, 1.82) is 0 Å². The van der Waals surface area contributed by atoms with Gasteiger partial charge in [0.1, 0.15) is 5.75 Å². The van der Waals surface area contributed by atoms with Crippen LogP contribution in [0.4, 0.5) is 0 Å². The molecule has 0 aliphatic carbocycles. The lowest BCUT2D eigenvalue weighted by molar-refractivity contribution is -0.121. The van der Waals surface area contributed by atoms with E-state index in [1.807, 2.05) is 36.4 Å². The second-order valence-electron chi connectivity index (χ2n) is 5.82. The predicted molar refractivity (Wildman–Crippen MR) is 102 cm³/mol. The van der Waals surface area contributed by atoms with Crippen LogP contribution in [0.2, 0.25) is 5.02 Å². The van der Waals surface area contributed by atoms with E-state index in [0.29, 0.717) is 31.0 Å². The Bertz CT molecular complexity index is 841. The molecule has 128 valence electrons. The van der Waals surface area contributed by atoms with Crippen molar-refractivity contribution in [2.45, 2.75) is 19.4 Å². The Labute approximate surface area is 152 Å². The number of hydrogen-bond acceptors (Lipinski definition) is 2. The fourth-order valence-corrected chi connectivity index (χ4v) is 2.81. The van der Waals surface area contributed by atoms with Crippen molar-refractivity contribution in [2.24, 2.45) is 0 Å². The van der Waals surface area contributed by atoms with E-state index in [2.05, 4.69) is 23.5 Å². The molecule has 0 fully saturated rings. The summed E-state index contributed by atoms with van der Waals surface area (Å²) in [6.07, 6.45) is 1.11. The van der Waals surface area contributed by atoms with Gasteiger partial charge in [0, 0.05) is 18.0 Å². The third kappa shape index (κ3) is 4.97. The molecule has 0 bridgehead atoms. The van der Waals surface area contributed by atoms with Gasteiger partial charge < -0.3 is 10.1 Å². The highest BCUT2D eigenvalue weighted by Gasteiger charge is 2.04. The molecule has 1 amide bonds. The van der Waals surface area contributed by atoms with E-state index in [0.717, 1.165) is 11.3 Å². The number of nitrogens with one attached hydrogen (secondary N) is 1. The minimum absolute atomic E-state index is 0.0349. The highest BCUT2D eigenvalue weighted by Crippen LogP contribution is 2.18. The van der Waals surface area contributed by atoms with E-state index < -0.39 is 0 Å². The van der Waals surface area contributed by atoms with Gasteiger partial charge in [-0.1, -0.05) is 54.1 Å². The van der Waals surface area contributed by atoms with Crippen LogP contribution in [0.15, 0.2) is 66.7 Å². The molecular formula is C21H20ClNO2. The molecule has 3 aromatic rings. The molecule has 3 rings (SSSR count). The summed E-state index contributed by atoms with van der Waals surface area (Å²) >= 11 is 5.83. The van der Waals surface area contributed by atoms with Crippen LogP contribution in [-0.4, -0.2) is 12.5 Å². The van der Waals surface area contributed by atoms with Crippen molar-refractivity contribution in [3.05, 3.63) is 77.3 Å². The maximum absolute atomic E-state index is 12.0. The van der Waals surface area contributed by atoms with Gasteiger partial charge in [-0.15, -0.1) is 0 Å². The summed E-state index contributed by atoms with van der Waals surface area (Å²) in [6, 6.07) is 21.6. The van der Waals surface area contributed by atoms with Crippen LogP contribution in [0, 0.1) is 0 Å². The molecule has 0 saturated heterocycles. The molecule has 0 unspecified atom stereocenters. The van der Waals surface area contributed by atoms with Crippen LogP contribution in [0.5, 0.6) is 5.75 Å². The van der Waals surface area contributed by atoms with Gasteiger partial charge in [-0.05, 0) is 47.0 Å². The second kappa shape index (κ2) is 8.54. The minimum atomic E-state index is 0.0349. The Morgan fingerprint density at radius 3 is 2.56 bits per heavy atom. The lowest BCUT2D eigenvalue weighted by atomic mass is 10.0. The summed E-state index contributed by atoms with van der Waals surface area (Å²) in [6.45, 7) is 1.04. The first-order chi connectivity index (χ1) is 12.2. The number of fused-ring (bicyclic) bond motifs is 1. The number of rotatable bonds is 7. The number of halogens is 1. The van der Waals surface area contributed by atoms with E-state index in [4.69, 9.17) is 16.3 Å². The molecule has 4 heteroatoms. The van der Waals surface area contributed by atoms with Crippen molar-refractivity contribution < 1.29 is 9.53 Å². The molecule has 3 aromatic carbocycles. The molecule has 0 heterocycles. The van der Waals surface area contributed by atoms with Crippen LogP contribution in [0.25, 0.3) is 10.8 Å². The number of amides is 1. The smallest absolute Gasteiger partial charge is 0.220 e. The zero-order chi connectivity index (χ0) is 17.5. The van der Waals surface area contributed by atoms with Crippen molar-refractivity contribution >= 4 is 28.3 Å². The number of ether oxygens (including phenoxy) is 1. The first-order valence-corrected chi connectivity index (χ1v) is 8.72. The fraction of sp³-hybridized carbons (Fsp3) is 0.190. The number of carbonyl (C=O) groups excluding carboxylic acids is 1. The molecule has 0 atom stereocenters. The number of benzene rings is 3. The Morgan fingerprint density at radius 2 is 1.72 bits per heavy atom. The molecule has 25 heavy (non-hydrogen) atoms. The highest BCUT2D eigenvalue weighted by molar-refractivity contribution is 6.30. The molecule has 3 nitrogen and oxygen atoms in total. The monoisotopic (exact) mass is 353 g/mol. The molecule has 0 aromatic heterocycles. The summed E-state index contributed by atoms with van der Waals surface area (Å²) in [4.78, 5) is 12.0.